The molecule has 2 aromatic carbocycles. The first kappa shape index (κ1) is 13.2. The van der Waals surface area contributed by atoms with Crippen LogP contribution in [0.15, 0.2) is 51.7 Å². The van der Waals surface area contributed by atoms with Crippen LogP contribution in [0.4, 0.5) is 0 Å². The molecule has 2 nitrogen and oxygen atoms in total. The molecule has 0 fully saturated rings. The first-order valence-corrected chi connectivity index (χ1v) is 6.81. The summed E-state index contributed by atoms with van der Waals surface area (Å²) in [5, 5.41) is 1.60. The summed E-state index contributed by atoms with van der Waals surface area (Å²) in [6.07, 6.45) is 0. The molecule has 0 N–H and O–H groups in total. The third kappa shape index (κ3) is 2.11. The van der Waals surface area contributed by atoms with Crippen LogP contribution in [-0.4, -0.2) is 0 Å². The summed E-state index contributed by atoms with van der Waals surface area (Å²) in [6, 6.07) is 12.7. The van der Waals surface area contributed by atoms with Crippen LogP contribution < -0.4 is 5.63 Å². The van der Waals surface area contributed by atoms with Gasteiger partial charge in [-0.2, -0.15) is 0 Å². The fourth-order valence-electron chi connectivity index (χ4n) is 2.31. The Morgan fingerprint density at radius 3 is 2.45 bits per heavy atom. The summed E-state index contributed by atoms with van der Waals surface area (Å²) in [5.41, 5.74) is 2.14. The Balaban J connectivity index is 2.44. The Labute approximate surface area is 125 Å². The fourth-order valence-corrected chi connectivity index (χ4v) is 2.85. The lowest BCUT2D eigenvalue weighted by molar-refractivity contribution is 0.562. The highest BCUT2D eigenvalue weighted by Gasteiger charge is 2.15. The number of hydrogen-bond acceptors (Lipinski definition) is 2. The predicted octanol–water partition coefficient (Wildman–Crippen LogP) is 5.08. The SMILES string of the molecule is Cc1c(-c2ccccc2)c(=O)oc2c(Cl)cc(Cl)cc12. The van der Waals surface area contributed by atoms with Crippen LogP contribution in [0.1, 0.15) is 5.56 Å². The van der Waals surface area contributed by atoms with Crippen molar-refractivity contribution in [3.05, 3.63) is 68.5 Å². The van der Waals surface area contributed by atoms with Gasteiger partial charge in [0.1, 0.15) is 0 Å². The van der Waals surface area contributed by atoms with Crippen LogP contribution in [0.2, 0.25) is 10.0 Å². The minimum Gasteiger partial charge on any atom is -0.421 e. The Kier molecular flexibility index (Phi) is 3.28. The second-order valence-electron chi connectivity index (χ2n) is 4.52. The van der Waals surface area contributed by atoms with Gasteiger partial charge in [-0.15, -0.1) is 0 Å². The maximum atomic E-state index is 12.2. The molecule has 0 unspecified atom stereocenters. The van der Waals surface area contributed by atoms with E-state index >= 15 is 0 Å². The number of hydrogen-bond donors (Lipinski definition) is 0. The van der Waals surface area contributed by atoms with E-state index in [0.717, 1.165) is 16.5 Å². The van der Waals surface area contributed by atoms with Crippen molar-refractivity contribution in [3.8, 4) is 11.1 Å². The highest BCUT2D eigenvalue weighted by molar-refractivity contribution is 6.38. The molecular weight excluding hydrogens is 295 g/mol. The van der Waals surface area contributed by atoms with Crippen LogP contribution in [0, 0.1) is 6.92 Å². The van der Waals surface area contributed by atoms with Crippen molar-refractivity contribution in [3.63, 3.8) is 0 Å². The number of fused-ring (bicyclic) bond motifs is 1. The average molecular weight is 305 g/mol. The minimum absolute atomic E-state index is 0.340. The Hall–Kier alpha value is -1.77. The van der Waals surface area contributed by atoms with Gasteiger partial charge in [0.05, 0.1) is 10.6 Å². The molecule has 0 aliphatic carbocycles. The molecule has 1 heterocycles. The van der Waals surface area contributed by atoms with Crippen molar-refractivity contribution in [1.29, 1.82) is 0 Å². The molecule has 1 aromatic heterocycles. The summed E-state index contributed by atoms with van der Waals surface area (Å²) >= 11 is 12.1. The number of benzene rings is 2. The van der Waals surface area contributed by atoms with Gasteiger partial charge in [0.15, 0.2) is 5.58 Å². The van der Waals surface area contributed by atoms with Crippen molar-refractivity contribution in [2.24, 2.45) is 0 Å². The van der Waals surface area contributed by atoms with Crippen LogP contribution in [-0.2, 0) is 0 Å². The monoisotopic (exact) mass is 304 g/mol. The van der Waals surface area contributed by atoms with Crippen molar-refractivity contribution in [2.75, 3.05) is 0 Å². The molecule has 100 valence electrons. The van der Waals surface area contributed by atoms with Gasteiger partial charge in [0.2, 0.25) is 0 Å². The van der Waals surface area contributed by atoms with E-state index in [9.17, 15) is 4.79 Å². The van der Waals surface area contributed by atoms with Gasteiger partial charge in [0.25, 0.3) is 0 Å². The minimum atomic E-state index is -0.398. The molecule has 3 aromatic rings. The maximum absolute atomic E-state index is 12.2. The maximum Gasteiger partial charge on any atom is 0.344 e. The van der Waals surface area contributed by atoms with E-state index in [4.69, 9.17) is 27.6 Å². The van der Waals surface area contributed by atoms with Crippen LogP contribution in [0.3, 0.4) is 0 Å². The second kappa shape index (κ2) is 4.97. The lowest BCUT2D eigenvalue weighted by Crippen LogP contribution is -2.06. The Bertz CT molecular complexity index is 852. The molecule has 0 amide bonds. The molecule has 0 atom stereocenters. The van der Waals surface area contributed by atoms with E-state index in [1.165, 1.54) is 0 Å². The van der Waals surface area contributed by atoms with Gasteiger partial charge in [-0.1, -0.05) is 53.5 Å². The largest absolute Gasteiger partial charge is 0.421 e. The van der Waals surface area contributed by atoms with Crippen molar-refractivity contribution in [1.82, 2.24) is 0 Å². The van der Waals surface area contributed by atoms with E-state index in [1.807, 2.05) is 37.3 Å². The van der Waals surface area contributed by atoms with E-state index < -0.39 is 5.63 Å². The quantitative estimate of drug-likeness (QED) is 0.587. The van der Waals surface area contributed by atoms with Gasteiger partial charge in [-0.05, 0) is 30.2 Å². The number of rotatable bonds is 1. The molecule has 0 aliphatic rings. The van der Waals surface area contributed by atoms with E-state index in [-0.39, 0.29) is 0 Å². The summed E-state index contributed by atoms with van der Waals surface area (Å²) in [4.78, 5) is 12.2. The summed E-state index contributed by atoms with van der Waals surface area (Å²) in [6.45, 7) is 1.87. The second-order valence-corrected chi connectivity index (χ2v) is 5.36. The van der Waals surface area contributed by atoms with Crippen LogP contribution in [0.5, 0.6) is 0 Å². The third-order valence-corrected chi connectivity index (χ3v) is 3.75. The third-order valence-electron chi connectivity index (χ3n) is 3.25. The van der Waals surface area contributed by atoms with Gasteiger partial charge in [-0.25, -0.2) is 4.79 Å². The Morgan fingerprint density at radius 2 is 1.75 bits per heavy atom. The lowest BCUT2D eigenvalue weighted by Gasteiger charge is -2.09. The summed E-state index contributed by atoms with van der Waals surface area (Å²) in [5.74, 6) is 0. The van der Waals surface area contributed by atoms with Crippen molar-refractivity contribution >= 4 is 34.2 Å². The standard InChI is InChI=1S/C16H10Cl2O2/c1-9-12-7-11(17)8-13(18)15(12)20-16(19)14(9)10-5-3-2-4-6-10/h2-8H,1H3. The highest BCUT2D eigenvalue weighted by Crippen LogP contribution is 2.32. The van der Waals surface area contributed by atoms with Crippen molar-refractivity contribution < 1.29 is 4.42 Å². The van der Waals surface area contributed by atoms with E-state index in [2.05, 4.69) is 0 Å². The molecule has 4 heteroatoms. The summed E-state index contributed by atoms with van der Waals surface area (Å²) < 4.78 is 5.37. The summed E-state index contributed by atoms with van der Waals surface area (Å²) in [7, 11) is 0. The number of aryl methyl sites for hydroxylation is 1. The highest BCUT2D eigenvalue weighted by atomic mass is 35.5. The zero-order chi connectivity index (χ0) is 14.3. The van der Waals surface area contributed by atoms with Gasteiger partial charge < -0.3 is 4.42 Å². The fraction of sp³-hybridized carbons (Fsp3) is 0.0625. The molecule has 0 saturated heterocycles. The van der Waals surface area contributed by atoms with Crippen LogP contribution >= 0.6 is 23.2 Å². The van der Waals surface area contributed by atoms with Gasteiger partial charge in [0, 0.05) is 10.4 Å². The molecule has 0 bridgehead atoms. The molecule has 20 heavy (non-hydrogen) atoms. The molecule has 0 saturated carbocycles. The first-order chi connectivity index (χ1) is 9.58. The molecule has 0 aliphatic heterocycles. The van der Waals surface area contributed by atoms with Crippen molar-refractivity contribution in [2.45, 2.75) is 6.92 Å². The van der Waals surface area contributed by atoms with E-state index in [1.54, 1.807) is 12.1 Å². The van der Waals surface area contributed by atoms with E-state index in [0.29, 0.717) is 21.2 Å². The molecular formula is C16H10Cl2O2. The van der Waals surface area contributed by atoms with Crippen LogP contribution in [0.25, 0.3) is 22.1 Å². The normalized spacial score (nSPS) is 10.9. The number of halogens is 2. The zero-order valence-electron chi connectivity index (χ0n) is 10.6. The van der Waals surface area contributed by atoms with Gasteiger partial charge in [-0.3, -0.25) is 0 Å². The topological polar surface area (TPSA) is 30.2 Å². The first-order valence-electron chi connectivity index (χ1n) is 6.06. The zero-order valence-corrected chi connectivity index (χ0v) is 12.1. The molecule has 0 spiro atoms. The van der Waals surface area contributed by atoms with Gasteiger partial charge >= 0.3 is 5.63 Å². The smallest absolute Gasteiger partial charge is 0.344 e. The molecule has 0 radical (unpaired) electrons. The predicted molar refractivity (Wildman–Crippen MR) is 82.7 cm³/mol. The average Bonchev–Trinajstić information content (AvgIpc) is 2.42. The lowest BCUT2D eigenvalue weighted by atomic mass is 10.00. The Morgan fingerprint density at radius 1 is 1.05 bits per heavy atom. The molecule has 3 rings (SSSR count).